The maximum Gasteiger partial charge on any atom is 0.230 e. The predicted octanol–water partition coefficient (Wildman–Crippen LogP) is 3.33. The molecule has 0 aliphatic heterocycles. The third-order valence-corrected chi connectivity index (χ3v) is 2.82. The monoisotopic (exact) mass is 236 g/mol. The van der Waals surface area contributed by atoms with Crippen LogP contribution in [0.1, 0.15) is 11.5 Å². The molecule has 0 saturated heterocycles. The summed E-state index contributed by atoms with van der Waals surface area (Å²) in [6, 6.07) is 18.7. The second kappa shape index (κ2) is 4.84. The molecule has 0 amide bonds. The van der Waals surface area contributed by atoms with E-state index in [-0.39, 0.29) is 0 Å². The predicted molar refractivity (Wildman–Crippen MR) is 69.0 cm³/mol. The van der Waals surface area contributed by atoms with Crippen LogP contribution in [0.3, 0.4) is 0 Å². The van der Waals surface area contributed by atoms with Crippen molar-refractivity contribution in [2.24, 2.45) is 0 Å². The van der Waals surface area contributed by atoms with Gasteiger partial charge in [0.15, 0.2) is 6.33 Å². The van der Waals surface area contributed by atoms with Crippen LogP contribution in [0.2, 0.25) is 0 Å². The van der Waals surface area contributed by atoms with Crippen molar-refractivity contribution in [1.29, 1.82) is 0 Å². The third kappa shape index (κ3) is 2.30. The first kappa shape index (κ1) is 10.7. The van der Waals surface area contributed by atoms with E-state index in [1.807, 2.05) is 18.2 Å². The van der Waals surface area contributed by atoms with Gasteiger partial charge in [0.05, 0.1) is 6.42 Å². The first-order chi connectivity index (χ1) is 8.92. The number of rotatable bonds is 3. The van der Waals surface area contributed by atoms with E-state index >= 15 is 0 Å². The van der Waals surface area contributed by atoms with Crippen LogP contribution in [0.4, 0.5) is 0 Å². The fraction of sp³-hybridized carbons (Fsp3) is 0.0667. The Morgan fingerprint density at radius 3 is 2.22 bits per heavy atom. The summed E-state index contributed by atoms with van der Waals surface area (Å²) in [5.74, 6) is 0.641. The first-order valence-corrected chi connectivity index (χ1v) is 5.82. The smallest absolute Gasteiger partial charge is 0.230 e. The number of nitrogens with zero attached hydrogens (tertiary/aromatic N) is 2. The molecule has 18 heavy (non-hydrogen) atoms. The minimum Gasteiger partial charge on any atom is -0.339 e. The maximum absolute atomic E-state index is 4.99. The zero-order valence-electron chi connectivity index (χ0n) is 9.78. The highest BCUT2D eigenvalue weighted by Gasteiger charge is 2.02. The van der Waals surface area contributed by atoms with Crippen molar-refractivity contribution >= 4 is 0 Å². The van der Waals surface area contributed by atoms with Gasteiger partial charge in [-0.2, -0.15) is 4.98 Å². The lowest BCUT2D eigenvalue weighted by atomic mass is 10.0. The number of aromatic nitrogens is 2. The third-order valence-electron chi connectivity index (χ3n) is 2.82. The van der Waals surface area contributed by atoms with Crippen LogP contribution in [0.5, 0.6) is 0 Å². The van der Waals surface area contributed by atoms with Gasteiger partial charge >= 0.3 is 0 Å². The molecular formula is C15H12N2O. The van der Waals surface area contributed by atoms with Gasteiger partial charge in [-0.25, -0.2) is 0 Å². The minimum absolute atomic E-state index is 0.641. The summed E-state index contributed by atoms with van der Waals surface area (Å²) in [5, 5.41) is 3.60. The Labute approximate surface area is 105 Å². The normalized spacial score (nSPS) is 10.4. The highest BCUT2D eigenvalue weighted by atomic mass is 16.5. The van der Waals surface area contributed by atoms with E-state index in [1.54, 1.807) is 0 Å². The van der Waals surface area contributed by atoms with Crippen LogP contribution >= 0.6 is 0 Å². The molecule has 0 atom stereocenters. The molecule has 88 valence electrons. The lowest BCUT2D eigenvalue weighted by Crippen LogP contribution is -1.88. The van der Waals surface area contributed by atoms with E-state index in [4.69, 9.17) is 4.52 Å². The van der Waals surface area contributed by atoms with Crippen LogP contribution < -0.4 is 0 Å². The van der Waals surface area contributed by atoms with Crippen molar-refractivity contribution in [3.63, 3.8) is 0 Å². The molecule has 0 bridgehead atoms. The van der Waals surface area contributed by atoms with Gasteiger partial charge in [0.2, 0.25) is 5.89 Å². The van der Waals surface area contributed by atoms with E-state index in [2.05, 4.69) is 46.5 Å². The quantitative estimate of drug-likeness (QED) is 0.700. The van der Waals surface area contributed by atoms with E-state index in [1.165, 1.54) is 23.0 Å². The van der Waals surface area contributed by atoms with Crippen LogP contribution in [-0.4, -0.2) is 10.1 Å². The fourth-order valence-electron chi connectivity index (χ4n) is 1.89. The number of benzene rings is 2. The molecule has 3 nitrogen and oxygen atoms in total. The zero-order chi connectivity index (χ0) is 12.2. The van der Waals surface area contributed by atoms with Crippen LogP contribution in [-0.2, 0) is 6.42 Å². The Hall–Kier alpha value is -2.42. The standard InChI is InChI=1S/C15H12N2O/c1-2-4-13(5-3-1)14-8-6-12(7-9-14)10-15-16-11-17-18-15/h1-9,11H,10H2. The lowest BCUT2D eigenvalue weighted by molar-refractivity contribution is 0.384. The Kier molecular flexibility index (Phi) is 2.88. The van der Waals surface area contributed by atoms with Gasteiger partial charge in [-0.15, -0.1) is 0 Å². The first-order valence-electron chi connectivity index (χ1n) is 5.82. The molecule has 0 fully saturated rings. The minimum atomic E-state index is 0.641. The summed E-state index contributed by atoms with van der Waals surface area (Å²) in [6.07, 6.45) is 2.10. The molecule has 1 aromatic heterocycles. The van der Waals surface area contributed by atoms with Crippen molar-refractivity contribution in [2.75, 3.05) is 0 Å². The summed E-state index contributed by atoms with van der Waals surface area (Å²) < 4.78 is 4.99. The summed E-state index contributed by atoms with van der Waals surface area (Å²) >= 11 is 0. The van der Waals surface area contributed by atoms with Crippen molar-refractivity contribution in [3.8, 4) is 11.1 Å². The summed E-state index contributed by atoms with van der Waals surface area (Å²) in [4.78, 5) is 4.01. The van der Waals surface area contributed by atoms with Gasteiger partial charge in [0, 0.05) is 0 Å². The van der Waals surface area contributed by atoms with Crippen molar-refractivity contribution in [3.05, 3.63) is 72.4 Å². The molecule has 0 unspecified atom stereocenters. The highest BCUT2D eigenvalue weighted by Crippen LogP contribution is 2.19. The summed E-state index contributed by atoms with van der Waals surface area (Å²) in [7, 11) is 0. The molecule has 0 radical (unpaired) electrons. The SMILES string of the molecule is c1ccc(-c2ccc(Cc3ncno3)cc2)cc1. The summed E-state index contributed by atoms with van der Waals surface area (Å²) in [5.41, 5.74) is 3.60. The second-order valence-electron chi connectivity index (χ2n) is 4.07. The molecular weight excluding hydrogens is 224 g/mol. The van der Waals surface area contributed by atoms with Crippen LogP contribution in [0.25, 0.3) is 11.1 Å². The van der Waals surface area contributed by atoms with Gasteiger partial charge in [0.25, 0.3) is 0 Å². The van der Waals surface area contributed by atoms with E-state index in [0.717, 1.165) is 0 Å². The van der Waals surface area contributed by atoms with Gasteiger partial charge in [-0.3, -0.25) is 0 Å². The molecule has 0 aliphatic rings. The highest BCUT2D eigenvalue weighted by molar-refractivity contribution is 5.63. The van der Waals surface area contributed by atoms with Crippen LogP contribution in [0.15, 0.2) is 65.4 Å². The largest absolute Gasteiger partial charge is 0.339 e. The van der Waals surface area contributed by atoms with E-state index in [9.17, 15) is 0 Å². The van der Waals surface area contributed by atoms with E-state index in [0.29, 0.717) is 12.3 Å². The Balaban J connectivity index is 1.81. The molecule has 3 aromatic rings. The maximum atomic E-state index is 4.99. The zero-order valence-corrected chi connectivity index (χ0v) is 9.78. The Bertz CT molecular complexity index is 601. The van der Waals surface area contributed by atoms with Gasteiger partial charge in [-0.05, 0) is 16.7 Å². The number of hydrogen-bond acceptors (Lipinski definition) is 3. The molecule has 3 heteroatoms. The van der Waals surface area contributed by atoms with Crippen molar-refractivity contribution in [2.45, 2.75) is 6.42 Å². The molecule has 2 aromatic carbocycles. The Morgan fingerprint density at radius 1 is 0.833 bits per heavy atom. The van der Waals surface area contributed by atoms with Gasteiger partial charge in [0.1, 0.15) is 0 Å². The average molecular weight is 236 g/mol. The Morgan fingerprint density at radius 2 is 1.56 bits per heavy atom. The molecule has 0 aliphatic carbocycles. The van der Waals surface area contributed by atoms with Gasteiger partial charge < -0.3 is 4.52 Å². The molecule has 0 saturated carbocycles. The van der Waals surface area contributed by atoms with Gasteiger partial charge in [-0.1, -0.05) is 59.8 Å². The average Bonchev–Trinajstić information content (AvgIpc) is 2.94. The number of hydrogen-bond donors (Lipinski definition) is 0. The topological polar surface area (TPSA) is 38.9 Å². The summed E-state index contributed by atoms with van der Waals surface area (Å²) in [6.45, 7) is 0. The van der Waals surface area contributed by atoms with E-state index < -0.39 is 0 Å². The fourth-order valence-corrected chi connectivity index (χ4v) is 1.89. The second-order valence-corrected chi connectivity index (χ2v) is 4.07. The van der Waals surface area contributed by atoms with Crippen molar-refractivity contribution < 1.29 is 4.52 Å². The molecule has 3 rings (SSSR count). The van der Waals surface area contributed by atoms with Crippen LogP contribution in [0, 0.1) is 0 Å². The lowest BCUT2D eigenvalue weighted by Gasteiger charge is -2.02. The molecule has 1 heterocycles. The molecule has 0 spiro atoms. The van der Waals surface area contributed by atoms with Crippen molar-refractivity contribution in [1.82, 2.24) is 10.1 Å². The molecule has 0 N–H and O–H groups in total.